The van der Waals surface area contributed by atoms with Gasteiger partial charge in [0.25, 0.3) is 0 Å². The van der Waals surface area contributed by atoms with Gasteiger partial charge < -0.3 is 10.4 Å². The summed E-state index contributed by atoms with van der Waals surface area (Å²) in [7, 11) is 0. The van der Waals surface area contributed by atoms with Crippen LogP contribution in [0.4, 0.5) is 0 Å². The van der Waals surface area contributed by atoms with Crippen molar-refractivity contribution in [3.8, 4) is 0 Å². The molecule has 0 amide bonds. The van der Waals surface area contributed by atoms with Crippen LogP contribution in [0.5, 0.6) is 0 Å². The lowest BCUT2D eigenvalue weighted by Crippen LogP contribution is -2.17. The fraction of sp³-hybridized carbons (Fsp3) is 0.400. The molecule has 2 N–H and O–H groups in total. The maximum Gasteiger partial charge on any atom is 0.0556 e. The molecule has 0 saturated carbocycles. The van der Waals surface area contributed by atoms with E-state index in [1.165, 1.54) is 0 Å². The predicted molar refractivity (Wildman–Crippen MR) is 55.0 cm³/mol. The van der Waals surface area contributed by atoms with Crippen molar-refractivity contribution in [1.29, 1.82) is 0 Å². The fourth-order valence-electron chi connectivity index (χ4n) is 1.06. The van der Waals surface area contributed by atoms with Gasteiger partial charge in [0.15, 0.2) is 0 Å². The van der Waals surface area contributed by atoms with Crippen LogP contribution in [0.15, 0.2) is 18.2 Å². The minimum atomic E-state index is 0.166. The van der Waals surface area contributed by atoms with Crippen molar-refractivity contribution >= 4 is 11.6 Å². The Morgan fingerprint density at radius 1 is 1.46 bits per heavy atom. The Bertz CT molecular complexity index is 276. The van der Waals surface area contributed by atoms with Crippen molar-refractivity contribution in [3.05, 3.63) is 34.3 Å². The summed E-state index contributed by atoms with van der Waals surface area (Å²) in [4.78, 5) is 0. The summed E-state index contributed by atoms with van der Waals surface area (Å²) in [6.07, 6.45) is 0. The highest BCUT2D eigenvalue weighted by Gasteiger charge is 1.96. The number of halogens is 1. The van der Waals surface area contributed by atoms with Crippen LogP contribution in [0, 0.1) is 6.92 Å². The molecule has 0 heterocycles. The summed E-state index contributed by atoms with van der Waals surface area (Å²) in [5.41, 5.74) is 2.23. The fourth-order valence-corrected chi connectivity index (χ4v) is 1.26. The number of benzene rings is 1. The minimum absolute atomic E-state index is 0.166. The smallest absolute Gasteiger partial charge is 0.0556 e. The van der Waals surface area contributed by atoms with E-state index in [0.29, 0.717) is 6.54 Å². The zero-order chi connectivity index (χ0) is 9.68. The van der Waals surface area contributed by atoms with E-state index in [9.17, 15) is 0 Å². The third kappa shape index (κ3) is 3.35. The maximum atomic E-state index is 8.55. The quantitative estimate of drug-likeness (QED) is 0.724. The molecule has 0 spiro atoms. The lowest BCUT2D eigenvalue weighted by molar-refractivity contribution is 0.292. The van der Waals surface area contributed by atoms with Gasteiger partial charge >= 0.3 is 0 Å². The van der Waals surface area contributed by atoms with E-state index >= 15 is 0 Å². The molecule has 0 fully saturated rings. The third-order valence-electron chi connectivity index (χ3n) is 1.85. The molecular formula is C10H14ClNO. The molecule has 1 rings (SSSR count). The number of hydrogen-bond donors (Lipinski definition) is 2. The molecule has 0 atom stereocenters. The van der Waals surface area contributed by atoms with E-state index in [2.05, 4.69) is 5.32 Å². The summed E-state index contributed by atoms with van der Waals surface area (Å²) in [5, 5.41) is 12.4. The maximum absolute atomic E-state index is 8.55. The molecule has 0 aliphatic rings. The number of rotatable bonds is 4. The summed E-state index contributed by atoms with van der Waals surface area (Å²) >= 11 is 5.95. The molecular weight excluding hydrogens is 186 g/mol. The Morgan fingerprint density at radius 2 is 2.23 bits per heavy atom. The second kappa shape index (κ2) is 5.22. The number of aliphatic hydroxyl groups is 1. The number of nitrogens with one attached hydrogen (secondary N) is 1. The Balaban J connectivity index is 2.53. The standard InChI is InChI=1S/C10H14ClNO/c1-8-2-3-9(6-10(8)11)7-12-4-5-13/h2-3,6,12-13H,4-5,7H2,1H3. The van der Waals surface area contributed by atoms with Crippen molar-refractivity contribution < 1.29 is 5.11 Å². The van der Waals surface area contributed by atoms with E-state index in [1.54, 1.807) is 0 Å². The first-order chi connectivity index (χ1) is 6.24. The Hall–Kier alpha value is -0.570. The molecule has 0 bridgehead atoms. The van der Waals surface area contributed by atoms with E-state index in [0.717, 1.165) is 22.7 Å². The topological polar surface area (TPSA) is 32.3 Å². The van der Waals surface area contributed by atoms with E-state index < -0.39 is 0 Å². The lowest BCUT2D eigenvalue weighted by atomic mass is 10.1. The van der Waals surface area contributed by atoms with Gasteiger partial charge in [-0.2, -0.15) is 0 Å². The Morgan fingerprint density at radius 3 is 2.85 bits per heavy atom. The van der Waals surface area contributed by atoms with E-state index in [4.69, 9.17) is 16.7 Å². The SMILES string of the molecule is Cc1ccc(CNCCO)cc1Cl. The molecule has 1 aromatic rings. The van der Waals surface area contributed by atoms with Crippen molar-refractivity contribution in [2.24, 2.45) is 0 Å². The number of aryl methyl sites for hydroxylation is 1. The van der Waals surface area contributed by atoms with E-state index in [1.807, 2.05) is 25.1 Å². The second-order valence-corrected chi connectivity index (χ2v) is 3.39. The average molecular weight is 200 g/mol. The van der Waals surface area contributed by atoms with Crippen molar-refractivity contribution in [3.63, 3.8) is 0 Å². The number of hydrogen-bond acceptors (Lipinski definition) is 2. The monoisotopic (exact) mass is 199 g/mol. The molecule has 0 aliphatic carbocycles. The van der Waals surface area contributed by atoms with Gasteiger partial charge in [-0.25, -0.2) is 0 Å². The van der Waals surface area contributed by atoms with Gasteiger partial charge in [-0.15, -0.1) is 0 Å². The van der Waals surface area contributed by atoms with Gasteiger partial charge in [-0.1, -0.05) is 23.7 Å². The normalized spacial score (nSPS) is 10.4. The van der Waals surface area contributed by atoms with Crippen LogP contribution in [0.3, 0.4) is 0 Å². The Labute approximate surface area is 83.5 Å². The van der Waals surface area contributed by atoms with Gasteiger partial charge in [-0.3, -0.25) is 0 Å². The van der Waals surface area contributed by atoms with Crippen LogP contribution >= 0.6 is 11.6 Å². The highest BCUT2D eigenvalue weighted by atomic mass is 35.5. The molecule has 72 valence electrons. The molecule has 0 saturated heterocycles. The molecule has 2 nitrogen and oxygen atoms in total. The first-order valence-electron chi connectivity index (χ1n) is 4.30. The molecule has 0 radical (unpaired) electrons. The molecule has 3 heteroatoms. The summed E-state index contributed by atoms with van der Waals surface area (Å²) < 4.78 is 0. The summed E-state index contributed by atoms with van der Waals surface area (Å²) in [5.74, 6) is 0. The summed E-state index contributed by atoms with van der Waals surface area (Å²) in [6, 6.07) is 5.98. The zero-order valence-corrected chi connectivity index (χ0v) is 8.43. The average Bonchev–Trinajstić information content (AvgIpc) is 2.12. The minimum Gasteiger partial charge on any atom is -0.395 e. The van der Waals surface area contributed by atoms with Gasteiger partial charge in [-0.05, 0) is 24.1 Å². The predicted octanol–water partition coefficient (Wildman–Crippen LogP) is 1.73. The molecule has 0 aromatic heterocycles. The van der Waals surface area contributed by atoms with Gasteiger partial charge in [0.05, 0.1) is 6.61 Å². The van der Waals surface area contributed by atoms with E-state index in [-0.39, 0.29) is 6.61 Å². The second-order valence-electron chi connectivity index (χ2n) is 2.98. The highest BCUT2D eigenvalue weighted by Crippen LogP contribution is 2.16. The lowest BCUT2D eigenvalue weighted by Gasteiger charge is -2.04. The molecule has 0 unspecified atom stereocenters. The summed E-state index contributed by atoms with van der Waals surface area (Å²) in [6.45, 7) is 3.51. The van der Waals surface area contributed by atoms with Crippen molar-refractivity contribution in [1.82, 2.24) is 5.32 Å². The number of aliphatic hydroxyl groups excluding tert-OH is 1. The largest absolute Gasteiger partial charge is 0.395 e. The van der Waals surface area contributed by atoms with Crippen LogP contribution in [-0.2, 0) is 6.54 Å². The Kier molecular flexibility index (Phi) is 4.22. The van der Waals surface area contributed by atoms with Gasteiger partial charge in [0.2, 0.25) is 0 Å². The van der Waals surface area contributed by atoms with Gasteiger partial charge in [0, 0.05) is 18.1 Å². The first-order valence-corrected chi connectivity index (χ1v) is 4.68. The van der Waals surface area contributed by atoms with Crippen LogP contribution in [0.2, 0.25) is 5.02 Å². The van der Waals surface area contributed by atoms with Gasteiger partial charge in [0.1, 0.15) is 0 Å². The first kappa shape index (κ1) is 10.5. The van der Waals surface area contributed by atoms with Crippen LogP contribution < -0.4 is 5.32 Å². The molecule has 13 heavy (non-hydrogen) atoms. The van der Waals surface area contributed by atoms with Crippen molar-refractivity contribution in [2.45, 2.75) is 13.5 Å². The zero-order valence-electron chi connectivity index (χ0n) is 7.68. The van der Waals surface area contributed by atoms with Crippen LogP contribution in [-0.4, -0.2) is 18.3 Å². The van der Waals surface area contributed by atoms with Crippen LogP contribution in [0.1, 0.15) is 11.1 Å². The molecule has 0 aliphatic heterocycles. The van der Waals surface area contributed by atoms with Crippen LogP contribution in [0.25, 0.3) is 0 Å². The molecule has 1 aromatic carbocycles. The highest BCUT2D eigenvalue weighted by molar-refractivity contribution is 6.31. The third-order valence-corrected chi connectivity index (χ3v) is 2.26. The van der Waals surface area contributed by atoms with Crippen molar-refractivity contribution in [2.75, 3.05) is 13.2 Å².